The molecule has 0 N–H and O–H groups in total. The van der Waals surface area contributed by atoms with E-state index in [9.17, 15) is 0 Å². The summed E-state index contributed by atoms with van der Waals surface area (Å²) in [6.45, 7) is 8.88. The molecular weight excluding hydrogens is 721 g/mol. The van der Waals surface area contributed by atoms with Crippen molar-refractivity contribution in [3.05, 3.63) is 180 Å². The minimum absolute atomic E-state index is 0.745. The van der Waals surface area contributed by atoms with Gasteiger partial charge in [-0.05, 0) is 144 Å². The number of imidazole rings is 2. The lowest BCUT2D eigenvalue weighted by molar-refractivity contribution is 0.484. The van der Waals surface area contributed by atoms with E-state index in [0.29, 0.717) is 0 Å². The van der Waals surface area contributed by atoms with Gasteiger partial charge in [0.15, 0.2) is 0 Å². The zero-order chi connectivity index (χ0) is 39.5. The van der Waals surface area contributed by atoms with Gasteiger partial charge in [0.1, 0.15) is 22.8 Å². The monoisotopic (exact) mass is 758 g/mol. The molecule has 0 aliphatic rings. The highest BCUT2D eigenvalue weighted by molar-refractivity contribution is 6.22. The van der Waals surface area contributed by atoms with Gasteiger partial charge in [-0.1, -0.05) is 91.0 Å². The number of hydrogen-bond acceptors (Lipinski definition) is 3. The van der Waals surface area contributed by atoms with Crippen LogP contribution in [0.2, 0.25) is 0 Å². The molecule has 4 heterocycles. The number of pyridine rings is 2. The number of ether oxygens (including phenoxy) is 1. The molecule has 0 atom stereocenters. The van der Waals surface area contributed by atoms with E-state index in [1.54, 1.807) is 0 Å². The van der Waals surface area contributed by atoms with Crippen LogP contribution in [-0.2, 0) is 0 Å². The third-order valence-electron chi connectivity index (χ3n) is 12.4. The molecule has 5 nitrogen and oxygen atoms in total. The maximum Gasteiger partial charge on any atom is 0.146 e. The summed E-state index contributed by atoms with van der Waals surface area (Å²) in [5.41, 5.74) is 18.1. The van der Waals surface area contributed by atoms with Crippen LogP contribution in [0.4, 0.5) is 0 Å². The quantitative estimate of drug-likeness (QED) is 0.168. The highest BCUT2D eigenvalue weighted by Gasteiger charge is 2.23. The number of hydrogen-bond donors (Lipinski definition) is 0. The van der Waals surface area contributed by atoms with Crippen molar-refractivity contribution in [2.24, 2.45) is 0 Å². The summed E-state index contributed by atoms with van der Waals surface area (Å²) in [4.78, 5) is 10.5. The van der Waals surface area contributed by atoms with E-state index in [-0.39, 0.29) is 0 Å². The Balaban J connectivity index is 1.15. The Hall–Kier alpha value is -7.50. The van der Waals surface area contributed by atoms with E-state index in [1.807, 2.05) is 6.07 Å². The van der Waals surface area contributed by atoms with Crippen molar-refractivity contribution in [3.63, 3.8) is 0 Å². The Bertz CT molecular complexity index is 3720. The molecule has 4 aromatic heterocycles. The molecule has 0 amide bonds. The Kier molecular flexibility index (Phi) is 7.12. The Morgan fingerprint density at radius 1 is 0.390 bits per heavy atom. The largest absolute Gasteiger partial charge is 0.457 e. The second-order valence-corrected chi connectivity index (χ2v) is 16.0. The predicted octanol–water partition coefficient (Wildman–Crippen LogP) is 14.3. The molecule has 0 spiro atoms. The molecule has 0 saturated heterocycles. The second kappa shape index (κ2) is 12.5. The first-order valence-corrected chi connectivity index (χ1v) is 20.3. The molecular formula is C54H38N4O. The summed E-state index contributed by atoms with van der Waals surface area (Å²) in [7, 11) is 0. The van der Waals surface area contributed by atoms with Gasteiger partial charge in [0, 0.05) is 27.1 Å². The minimum Gasteiger partial charge on any atom is -0.457 e. The van der Waals surface area contributed by atoms with Crippen molar-refractivity contribution in [2.45, 2.75) is 27.7 Å². The van der Waals surface area contributed by atoms with Gasteiger partial charge in [-0.3, -0.25) is 8.80 Å². The van der Waals surface area contributed by atoms with Gasteiger partial charge in [-0.15, -0.1) is 0 Å². The fourth-order valence-electron chi connectivity index (χ4n) is 9.90. The molecule has 0 unspecified atom stereocenters. The van der Waals surface area contributed by atoms with Crippen LogP contribution in [0, 0.1) is 27.7 Å². The molecule has 12 aromatic rings. The number of benzene rings is 8. The Morgan fingerprint density at radius 3 is 1.53 bits per heavy atom. The van der Waals surface area contributed by atoms with E-state index in [2.05, 4.69) is 188 Å². The molecule has 59 heavy (non-hydrogen) atoms. The molecule has 5 heteroatoms. The Labute approximate surface area is 340 Å². The number of nitrogens with zero attached hydrogens (tertiary/aromatic N) is 4. The molecule has 0 aliphatic heterocycles. The van der Waals surface area contributed by atoms with E-state index in [0.717, 1.165) is 77.4 Å². The van der Waals surface area contributed by atoms with Gasteiger partial charge in [-0.2, -0.15) is 0 Å². The summed E-state index contributed by atoms with van der Waals surface area (Å²) in [6.07, 6.45) is 0. The lowest BCUT2D eigenvalue weighted by Gasteiger charge is -2.21. The molecule has 0 aliphatic carbocycles. The van der Waals surface area contributed by atoms with Crippen LogP contribution in [0.1, 0.15) is 22.3 Å². The summed E-state index contributed by atoms with van der Waals surface area (Å²) >= 11 is 0. The maximum atomic E-state index is 6.87. The van der Waals surface area contributed by atoms with Crippen LogP contribution >= 0.6 is 0 Å². The van der Waals surface area contributed by atoms with Gasteiger partial charge >= 0.3 is 0 Å². The summed E-state index contributed by atoms with van der Waals surface area (Å²) in [5, 5.41) is 6.73. The minimum atomic E-state index is 0.745. The first-order valence-electron chi connectivity index (χ1n) is 20.3. The van der Waals surface area contributed by atoms with Crippen LogP contribution in [-0.4, -0.2) is 18.8 Å². The maximum absolute atomic E-state index is 6.87. The fraction of sp³-hybridized carbons (Fsp3) is 0.0741. The first-order chi connectivity index (χ1) is 28.9. The fourth-order valence-corrected chi connectivity index (χ4v) is 9.90. The van der Waals surface area contributed by atoms with Crippen molar-refractivity contribution in [2.75, 3.05) is 0 Å². The third kappa shape index (κ3) is 4.85. The summed E-state index contributed by atoms with van der Waals surface area (Å²) in [5.74, 6) is 1.50. The van der Waals surface area contributed by atoms with Gasteiger partial charge in [0.05, 0.1) is 33.1 Å². The topological polar surface area (TPSA) is 43.8 Å². The highest BCUT2D eigenvalue weighted by atomic mass is 16.5. The number of rotatable bonds is 4. The van der Waals surface area contributed by atoms with Gasteiger partial charge in [0.25, 0.3) is 0 Å². The third-order valence-corrected chi connectivity index (χ3v) is 12.4. The molecule has 0 fully saturated rings. The van der Waals surface area contributed by atoms with Crippen LogP contribution in [0.15, 0.2) is 158 Å². The molecule has 8 aromatic carbocycles. The highest BCUT2D eigenvalue weighted by Crippen LogP contribution is 2.46. The predicted molar refractivity (Wildman–Crippen MR) is 245 cm³/mol. The molecule has 12 rings (SSSR count). The molecule has 0 radical (unpaired) electrons. The second-order valence-electron chi connectivity index (χ2n) is 16.0. The Morgan fingerprint density at radius 2 is 0.881 bits per heavy atom. The van der Waals surface area contributed by atoms with Crippen molar-refractivity contribution in [1.82, 2.24) is 18.8 Å². The molecule has 280 valence electrons. The molecule has 0 bridgehead atoms. The van der Waals surface area contributed by atoms with Crippen molar-refractivity contribution < 1.29 is 4.74 Å². The molecule has 0 saturated carbocycles. The van der Waals surface area contributed by atoms with Crippen molar-refractivity contribution in [1.29, 1.82) is 0 Å². The SMILES string of the molecule is Cc1cccc(C)c1-c1ccc(-c2c(C)cccc2C)c2c1c1ccc(Oc3ccc4c5ccccc5n5c6ccccc6nc5c4c3)cc1c1nc3ccccc3n12. The number of aromatic nitrogens is 4. The van der Waals surface area contributed by atoms with Gasteiger partial charge < -0.3 is 4.74 Å². The van der Waals surface area contributed by atoms with Crippen LogP contribution in [0.3, 0.4) is 0 Å². The van der Waals surface area contributed by atoms with Crippen LogP contribution in [0.25, 0.3) is 99.0 Å². The average molecular weight is 759 g/mol. The average Bonchev–Trinajstić information content (AvgIpc) is 3.84. The number of aryl methyl sites for hydroxylation is 4. The van der Waals surface area contributed by atoms with E-state index < -0.39 is 0 Å². The summed E-state index contributed by atoms with van der Waals surface area (Å²) in [6, 6.07) is 56.2. The van der Waals surface area contributed by atoms with E-state index in [4.69, 9.17) is 14.7 Å². The van der Waals surface area contributed by atoms with Crippen LogP contribution < -0.4 is 4.74 Å². The summed E-state index contributed by atoms with van der Waals surface area (Å²) < 4.78 is 11.5. The van der Waals surface area contributed by atoms with Crippen molar-refractivity contribution >= 4 is 76.7 Å². The lowest BCUT2D eigenvalue weighted by atomic mass is 9.86. The normalized spacial score (nSPS) is 12.1. The number of fused-ring (bicyclic) bond motifs is 16. The van der Waals surface area contributed by atoms with E-state index in [1.165, 1.54) is 55.3 Å². The first kappa shape index (κ1) is 33.6. The standard InChI is InChI=1S/C54H38N4O/c1-31-13-11-14-32(2)49(31)40-27-28-41(50-33(3)15-12-16-34(50)4)52-51(40)39-26-24-36(30-43(39)54-56-45-19-7-10-22-48(45)58(52)54)59-35-23-25-37-38-17-5-8-20-46(38)57-47-21-9-6-18-44(47)55-53(57)42(37)29-35/h5-30H,1-4H3. The van der Waals surface area contributed by atoms with Gasteiger partial charge in [-0.25, -0.2) is 9.97 Å². The van der Waals surface area contributed by atoms with E-state index >= 15 is 0 Å². The number of para-hydroxylation sites is 5. The lowest BCUT2D eigenvalue weighted by Crippen LogP contribution is -2.00. The van der Waals surface area contributed by atoms with Crippen LogP contribution in [0.5, 0.6) is 11.5 Å². The smallest absolute Gasteiger partial charge is 0.146 e. The zero-order valence-electron chi connectivity index (χ0n) is 33.2. The zero-order valence-corrected chi connectivity index (χ0v) is 33.2. The van der Waals surface area contributed by atoms with Crippen molar-refractivity contribution in [3.8, 4) is 33.8 Å². The van der Waals surface area contributed by atoms with Gasteiger partial charge in [0.2, 0.25) is 0 Å².